The first-order valence-corrected chi connectivity index (χ1v) is 5.51. The van der Waals surface area contributed by atoms with E-state index in [1.165, 1.54) is 12.4 Å². The molecule has 2 rings (SSSR count). The Labute approximate surface area is 102 Å². The largest absolute Gasteiger partial charge is 0.454 e. The molecule has 1 aromatic heterocycles. The summed E-state index contributed by atoms with van der Waals surface area (Å²) in [4.78, 5) is 11.0. The maximum Gasteiger partial charge on any atom is 0.454 e. The van der Waals surface area contributed by atoms with Gasteiger partial charge in [-0.2, -0.15) is 18.4 Å². The number of nitrogens with zero attached hydrogens (tertiary/aromatic N) is 2. The highest BCUT2D eigenvalue weighted by atomic mass is 19.4. The summed E-state index contributed by atoms with van der Waals surface area (Å²) in [7, 11) is 0. The number of rotatable bonds is 4. The second-order valence-electron chi connectivity index (χ2n) is 4.73. The maximum absolute atomic E-state index is 12.2. The van der Waals surface area contributed by atoms with E-state index in [2.05, 4.69) is 6.07 Å². The Hall–Kier alpha value is -1.77. The molecule has 0 radical (unpaired) electrons. The molecule has 0 atom stereocenters. The van der Waals surface area contributed by atoms with Gasteiger partial charge < -0.3 is 4.57 Å². The molecule has 1 fully saturated rings. The monoisotopic (exact) mass is 256 g/mol. The third-order valence-corrected chi connectivity index (χ3v) is 3.20. The first-order valence-electron chi connectivity index (χ1n) is 5.51. The summed E-state index contributed by atoms with van der Waals surface area (Å²) in [5.41, 5.74) is -0.456. The molecule has 0 spiro atoms. The van der Waals surface area contributed by atoms with Crippen molar-refractivity contribution >= 4 is 5.78 Å². The first kappa shape index (κ1) is 12.7. The Morgan fingerprint density at radius 2 is 2.17 bits per heavy atom. The standard InChI is InChI=1S/C12H11F3N2O/c13-12(14,15)10(18)9-1-6-17(7-9)8-11(2-3-11)4-5-16/h1,6-7H,2-4,8H2. The minimum atomic E-state index is -4.84. The summed E-state index contributed by atoms with van der Waals surface area (Å²) < 4.78 is 38.2. The maximum atomic E-state index is 12.2. The predicted molar refractivity (Wildman–Crippen MR) is 56.7 cm³/mol. The summed E-state index contributed by atoms with van der Waals surface area (Å²) in [6, 6.07) is 3.25. The van der Waals surface area contributed by atoms with Crippen molar-refractivity contribution in [3.05, 3.63) is 24.0 Å². The summed E-state index contributed by atoms with van der Waals surface area (Å²) in [6.07, 6.45) is 0.0239. The summed E-state index contributed by atoms with van der Waals surface area (Å²) >= 11 is 0. The van der Waals surface area contributed by atoms with Gasteiger partial charge >= 0.3 is 6.18 Å². The van der Waals surface area contributed by atoms with Crippen molar-refractivity contribution in [2.24, 2.45) is 5.41 Å². The Bertz CT molecular complexity index is 506. The van der Waals surface area contributed by atoms with E-state index in [0.29, 0.717) is 13.0 Å². The van der Waals surface area contributed by atoms with Gasteiger partial charge in [0.2, 0.25) is 0 Å². The van der Waals surface area contributed by atoms with Gasteiger partial charge in [0, 0.05) is 36.3 Å². The zero-order chi connectivity index (χ0) is 13.4. The van der Waals surface area contributed by atoms with Crippen LogP contribution < -0.4 is 0 Å². The van der Waals surface area contributed by atoms with Crippen molar-refractivity contribution in [2.45, 2.75) is 32.0 Å². The van der Waals surface area contributed by atoms with Gasteiger partial charge in [0.25, 0.3) is 5.78 Å². The number of Topliss-reactive ketones (excluding diaryl/α,β-unsaturated/α-hetero) is 1. The summed E-state index contributed by atoms with van der Waals surface area (Å²) in [5.74, 6) is -1.83. The summed E-state index contributed by atoms with van der Waals surface area (Å²) in [5, 5.41) is 8.66. The van der Waals surface area contributed by atoms with Crippen LogP contribution in [-0.2, 0) is 6.54 Å². The molecule has 1 aliphatic carbocycles. The van der Waals surface area contributed by atoms with Gasteiger partial charge in [-0.1, -0.05) is 0 Å². The molecule has 0 saturated heterocycles. The lowest BCUT2D eigenvalue weighted by atomic mass is 10.0. The molecule has 0 aromatic carbocycles. The highest BCUT2D eigenvalue weighted by Gasteiger charge is 2.43. The molecule has 1 aliphatic rings. The van der Waals surface area contributed by atoms with E-state index in [1.807, 2.05) is 0 Å². The number of nitriles is 1. The molecule has 3 nitrogen and oxygen atoms in total. The van der Waals surface area contributed by atoms with E-state index in [0.717, 1.165) is 18.9 Å². The normalized spacial score (nSPS) is 17.2. The fraction of sp³-hybridized carbons (Fsp3) is 0.500. The van der Waals surface area contributed by atoms with Gasteiger partial charge in [0.1, 0.15) is 0 Å². The SMILES string of the molecule is N#CCC1(Cn2ccc(C(=O)C(F)(F)F)c2)CC1. The highest BCUT2D eigenvalue weighted by molar-refractivity contribution is 6.00. The van der Waals surface area contributed by atoms with Crippen molar-refractivity contribution in [3.8, 4) is 6.07 Å². The second-order valence-corrected chi connectivity index (χ2v) is 4.73. The predicted octanol–water partition coefficient (Wildman–Crippen LogP) is 2.93. The molecule has 0 N–H and O–H groups in total. The van der Waals surface area contributed by atoms with Gasteiger partial charge in [-0.3, -0.25) is 4.79 Å². The third kappa shape index (κ3) is 2.55. The lowest BCUT2D eigenvalue weighted by molar-refractivity contribution is -0.0885. The van der Waals surface area contributed by atoms with Gasteiger partial charge in [-0.05, 0) is 18.9 Å². The Morgan fingerprint density at radius 1 is 1.50 bits per heavy atom. The van der Waals surface area contributed by atoms with Crippen molar-refractivity contribution in [3.63, 3.8) is 0 Å². The highest BCUT2D eigenvalue weighted by Crippen LogP contribution is 2.50. The van der Waals surface area contributed by atoms with E-state index in [1.54, 1.807) is 4.57 Å². The van der Waals surface area contributed by atoms with Gasteiger partial charge in [-0.15, -0.1) is 0 Å². The van der Waals surface area contributed by atoms with Crippen LogP contribution in [0.1, 0.15) is 29.6 Å². The zero-order valence-electron chi connectivity index (χ0n) is 9.50. The minimum Gasteiger partial charge on any atom is -0.353 e. The molecule has 0 unspecified atom stereocenters. The number of carbonyl (C=O) groups excluding carboxylic acids is 1. The number of alkyl halides is 3. The minimum absolute atomic E-state index is 0.105. The van der Waals surface area contributed by atoms with E-state index >= 15 is 0 Å². The topological polar surface area (TPSA) is 45.8 Å². The Balaban J connectivity index is 2.08. The molecular formula is C12H11F3N2O. The lowest BCUT2D eigenvalue weighted by Gasteiger charge is -2.11. The molecule has 0 aliphatic heterocycles. The Morgan fingerprint density at radius 3 is 2.67 bits per heavy atom. The first-order chi connectivity index (χ1) is 8.36. The quantitative estimate of drug-likeness (QED) is 0.777. The van der Waals surface area contributed by atoms with Crippen LogP contribution in [0.3, 0.4) is 0 Å². The molecule has 18 heavy (non-hydrogen) atoms. The molecule has 96 valence electrons. The molecule has 0 amide bonds. The number of hydrogen-bond donors (Lipinski definition) is 0. The van der Waals surface area contributed by atoms with E-state index in [9.17, 15) is 18.0 Å². The zero-order valence-corrected chi connectivity index (χ0v) is 9.50. The van der Waals surface area contributed by atoms with Crippen molar-refractivity contribution in [1.29, 1.82) is 5.26 Å². The third-order valence-electron chi connectivity index (χ3n) is 3.20. The van der Waals surface area contributed by atoms with Gasteiger partial charge in [0.15, 0.2) is 0 Å². The van der Waals surface area contributed by atoms with Crippen LogP contribution in [0.4, 0.5) is 13.2 Å². The Kier molecular flexibility index (Phi) is 2.93. The fourth-order valence-corrected chi connectivity index (χ4v) is 1.96. The average Bonchev–Trinajstić information content (AvgIpc) is 2.86. The molecule has 1 saturated carbocycles. The molecule has 1 heterocycles. The smallest absolute Gasteiger partial charge is 0.353 e. The van der Waals surface area contributed by atoms with Crippen LogP contribution >= 0.6 is 0 Å². The van der Waals surface area contributed by atoms with Crippen LogP contribution in [0, 0.1) is 16.7 Å². The van der Waals surface area contributed by atoms with Crippen LogP contribution in [0.15, 0.2) is 18.5 Å². The van der Waals surface area contributed by atoms with Gasteiger partial charge in [-0.25, -0.2) is 0 Å². The van der Waals surface area contributed by atoms with Crippen molar-refractivity contribution < 1.29 is 18.0 Å². The summed E-state index contributed by atoms with van der Waals surface area (Å²) in [6.45, 7) is 0.492. The molecular weight excluding hydrogens is 245 g/mol. The lowest BCUT2D eigenvalue weighted by Crippen LogP contribution is -2.22. The number of halogens is 3. The fourth-order valence-electron chi connectivity index (χ4n) is 1.96. The molecule has 1 aromatic rings. The number of hydrogen-bond acceptors (Lipinski definition) is 2. The molecule has 6 heteroatoms. The number of carbonyl (C=O) groups is 1. The van der Waals surface area contributed by atoms with Crippen molar-refractivity contribution in [2.75, 3.05) is 0 Å². The van der Waals surface area contributed by atoms with Gasteiger partial charge in [0.05, 0.1) is 6.07 Å². The van der Waals surface area contributed by atoms with Crippen LogP contribution in [-0.4, -0.2) is 16.5 Å². The second kappa shape index (κ2) is 4.16. The van der Waals surface area contributed by atoms with Crippen LogP contribution in [0.5, 0.6) is 0 Å². The van der Waals surface area contributed by atoms with E-state index in [-0.39, 0.29) is 11.0 Å². The van der Waals surface area contributed by atoms with E-state index in [4.69, 9.17) is 5.26 Å². The van der Waals surface area contributed by atoms with Crippen molar-refractivity contribution in [1.82, 2.24) is 4.57 Å². The van der Waals surface area contributed by atoms with Crippen LogP contribution in [0.2, 0.25) is 0 Å². The number of aromatic nitrogens is 1. The molecule has 0 bridgehead atoms. The average molecular weight is 256 g/mol. The van der Waals surface area contributed by atoms with Crippen LogP contribution in [0.25, 0.3) is 0 Å². The number of ketones is 1. The van der Waals surface area contributed by atoms with E-state index < -0.39 is 12.0 Å².